The lowest BCUT2D eigenvalue weighted by atomic mass is 10.1. The highest BCUT2D eigenvalue weighted by Gasteiger charge is 2.17. The average Bonchev–Trinajstić information content (AvgIpc) is 2.82. The van der Waals surface area contributed by atoms with Gasteiger partial charge in [-0.3, -0.25) is 9.52 Å². The first-order valence-corrected chi connectivity index (χ1v) is 12.1. The van der Waals surface area contributed by atoms with Crippen molar-refractivity contribution in [3.05, 3.63) is 76.3 Å². The molecular weight excluding hydrogens is 503 g/mol. The fourth-order valence-electron chi connectivity index (χ4n) is 2.98. The van der Waals surface area contributed by atoms with Crippen molar-refractivity contribution < 1.29 is 27.4 Å². The third kappa shape index (κ3) is 6.47. The van der Waals surface area contributed by atoms with Crippen LogP contribution in [0, 0.1) is 0 Å². The van der Waals surface area contributed by atoms with E-state index in [2.05, 4.69) is 10.0 Å². The Hall–Kier alpha value is -3.14. The molecule has 0 aliphatic rings. The first-order valence-electron chi connectivity index (χ1n) is 9.91. The van der Waals surface area contributed by atoms with E-state index in [1.54, 1.807) is 30.3 Å². The van der Waals surface area contributed by atoms with Crippen LogP contribution in [-0.4, -0.2) is 35.2 Å². The lowest BCUT2D eigenvalue weighted by Gasteiger charge is -2.14. The van der Waals surface area contributed by atoms with Gasteiger partial charge in [0.05, 0.1) is 36.2 Å². The maximum Gasteiger partial charge on any atom is 0.261 e. The second kappa shape index (κ2) is 11.3. The molecule has 0 saturated carbocycles. The van der Waals surface area contributed by atoms with Gasteiger partial charge in [-0.15, -0.1) is 0 Å². The summed E-state index contributed by atoms with van der Waals surface area (Å²) >= 11 is 12.0. The molecular formula is C23H22Cl2N2O6S. The number of halogens is 2. The molecule has 0 saturated heterocycles. The highest BCUT2D eigenvalue weighted by Crippen LogP contribution is 2.29. The van der Waals surface area contributed by atoms with Gasteiger partial charge in [-0.2, -0.15) is 0 Å². The molecule has 3 rings (SSSR count). The van der Waals surface area contributed by atoms with Crippen molar-refractivity contribution in [1.29, 1.82) is 0 Å². The highest BCUT2D eigenvalue weighted by atomic mass is 35.5. The summed E-state index contributed by atoms with van der Waals surface area (Å²) in [6.45, 7) is -0.164. The van der Waals surface area contributed by atoms with E-state index in [0.29, 0.717) is 27.8 Å². The molecule has 180 valence electrons. The van der Waals surface area contributed by atoms with Crippen LogP contribution in [0.2, 0.25) is 10.0 Å². The van der Waals surface area contributed by atoms with Crippen LogP contribution < -0.4 is 24.2 Å². The van der Waals surface area contributed by atoms with Crippen molar-refractivity contribution >= 4 is 44.8 Å². The van der Waals surface area contributed by atoms with Gasteiger partial charge in [-0.05, 0) is 54.6 Å². The molecule has 11 heteroatoms. The fourth-order valence-corrected chi connectivity index (χ4v) is 4.49. The molecule has 0 heterocycles. The van der Waals surface area contributed by atoms with Gasteiger partial charge in [-0.25, -0.2) is 8.42 Å². The van der Waals surface area contributed by atoms with Gasteiger partial charge in [0.2, 0.25) is 0 Å². The minimum Gasteiger partial charge on any atom is -0.496 e. The summed E-state index contributed by atoms with van der Waals surface area (Å²) in [5.74, 6) is 0.905. The SMILES string of the molecule is COc1cccc(OC)c1CNC(=O)COc1ccc(S(=O)(=O)Nc2ccc(Cl)cc2)cc1Cl. The van der Waals surface area contributed by atoms with Crippen LogP contribution in [0.15, 0.2) is 65.6 Å². The number of nitrogens with one attached hydrogen (secondary N) is 2. The first-order chi connectivity index (χ1) is 16.2. The monoisotopic (exact) mass is 524 g/mol. The molecule has 0 spiro atoms. The second-order valence-electron chi connectivity index (χ2n) is 6.91. The van der Waals surface area contributed by atoms with E-state index in [0.717, 1.165) is 0 Å². The lowest BCUT2D eigenvalue weighted by Crippen LogP contribution is -2.28. The number of benzene rings is 3. The number of hydrogen-bond acceptors (Lipinski definition) is 6. The van der Waals surface area contributed by atoms with Crippen LogP contribution in [-0.2, 0) is 21.4 Å². The minimum atomic E-state index is -3.89. The summed E-state index contributed by atoms with van der Waals surface area (Å²) in [6, 6.07) is 15.5. The van der Waals surface area contributed by atoms with Gasteiger partial charge in [0.15, 0.2) is 6.61 Å². The van der Waals surface area contributed by atoms with Crippen molar-refractivity contribution in [1.82, 2.24) is 5.32 Å². The molecule has 3 aromatic rings. The number of anilines is 1. The number of methoxy groups -OCH3 is 2. The third-order valence-electron chi connectivity index (χ3n) is 4.66. The van der Waals surface area contributed by atoms with Crippen LogP contribution in [0.3, 0.4) is 0 Å². The van der Waals surface area contributed by atoms with E-state index in [1.807, 2.05) is 0 Å². The van der Waals surface area contributed by atoms with Gasteiger partial charge >= 0.3 is 0 Å². The number of ether oxygens (including phenoxy) is 3. The zero-order valence-electron chi connectivity index (χ0n) is 18.3. The van der Waals surface area contributed by atoms with Crippen molar-refractivity contribution in [2.24, 2.45) is 0 Å². The van der Waals surface area contributed by atoms with Crippen LogP contribution in [0.1, 0.15) is 5.56 Å². The van der Waals surface area contributed by atoms with Crippen LogP contribution in [0.5, 0.6) is 17.2 Å². The normalized spacial score (nSPS) is 10.9. The van der Waals surface area contributed by atoms with Crippen LogP contribution in [0.25, 0.3) is 0 Å². The lowest BCUT2D eigenvalue weighted by molar-refractivity contribution is -0.123. The van der Waals surface area contributed by atoms with Crippen molar-refractivity contribution in [2.75, 3.05) is 25.5 Å². The summed E-state index contributed by atoms with van der Waals surface area (Å²) < 4.78 is 43.7. The fraction of sp³-hybridized carbons (Fsp3) is 0.174. The number of sulfonamides is 1. The molecule has 0 aliphatic carbocycles. The number of rotatable bonds is 10. The third-order valence-corrected chi connectivity index (χ3v) is 6.59. The predicted octanol–water partition coefficient (Wildman–Crippen LogP) is 4.51. The molecule has 0 atom stereocenters. The summed E-state index contributed by atoms with van der Waals surface area (Å²) in [7, 11) is -0.830. The maximum atomic E-state index is 12.6. The van der Waals surface area contributed by atoms with Gasteiger partial charge in [0.25, 0.3) is 15.9 Å². The molecule has 0 unspecified atom stereocenters. The van der Waals surface area contributed by atoms with Gasteiger partial charge in [0.1, 0.15) is 17.2 Å². The Bertz CT molecular complexity index is 1240. The average molecular weight is 525 g/mol. The summed E-state index contributed by atoms with van der Waals surface area (Å²) in [5.41, 5.74) is 1.03. The van der Waals surface area contributed by atoms with E-state index in [1.165, 1.54) is 44.6 Å². The maximum absolute atomic E-state index is 12.6. The Morgan fingerprint density at radius 2 is 1.56 bits per heavy atom. The smallest absolute Gasteiger partial charge is 0.261 e. The Morgan fingerprint density at radius 1 is 0.912 bits per heavy atom. The molecule has 0 aromatic heterocycles. The zero-order chi connectivity index (χ0) is 24.7. The molecule has 0 aliphatic heterocycles. The number of carbonyl (C=O) groups is 1. The topological polar surface area (TPSA) is 103 Å². The van der Waals surface area contributed by atoms with Crippen LogP contribution in [0.4, 0.5) is 5.69 Å². The number of amides is 1. The van der Waals surface area contributed by atoms with E-state index < -0.39 is 15.9 Å². The Labute approximate surface area is 207 Å². The highest BCUT2D eigenvalue weighted by molar-refractivity contribution is 7.92. The summed E-state index contributed by atoms with van der Waals surface area (Å²) in [6.07, 6.45) is 0. The first kappa shape index (κ1) is 25.5. The molecule has 0 fully saturated rings. The Morgan fingerprint density at radius 3 is 2.15 bits per heavy atom. The second-order valence-corrected chi connectivity index (χ2v) is 9.44. The predicted molar refractivity (Wildman–Crippen MR) is 131 cm³/mol. The van der Waals surface area contributed by atoms with Crippen molar-refractivity contribution in [3.63, 3.8) is 0 Å². The standard InChI is InChI=1S/C23H22Cl2N2O6S/c1-31-20-4-3-5-21(32-2)18(20)13-26-23(28)14-33-22-11-10-17(12-19(22)25)34(29,30)27-16-8-6-15(24)7-9-16/h3-12,27H,13-14H2,1-2H3,(H,26,28). The number of carbonyl (C=O) groups excluding carboxylic acids is 1. The van der Waals surface area contributed by atoms with Crippen molar-refractivity contribution in [3.8, 4) is 17.2 Å². The number of hydrogen-bond donors (Lipinski definition) is 2. The van der Waals surface area contributed by atoms with E-state index in [-0.39, 0.29) is 28.8 Å². The van der Waals surface area contributed by atoms with E-state index in [9.17, 15) is 13.2 Å². The molecule has 0 radical (unpaired) electrons. The molecule has 2 N–H and O–H groups in total. The van der Waals surface area contributed by atoms with Crippen molar-refractivity contribution in [2.45, 2.75) is 11.4 Å². The summed E-state index contributed by atoms with van der Waals surface area (Å²) in [4.78, 5) is 12.2. The molecule has 3 aromatic carbocycles. The Kier molecular flexibility index (Phi) is 8.49. The molecule has 34 heavy (non-hydrogen) atoms. The molecule has 0 bridgehead atoms. The minimum absolute atomic E-state index is 0.0400. The van der Waals surface area contributed by atoms with Gasteiger partial charge in [0, 0.05) is 10.7 Å². The van der Waals surface area contributed by atoms with E-state index in [4.69, 9.17) is 37.4 Å². The van der Waals surface area contributed by atoms with E-state index >= 15 is 0 Å². The van der Waals surface area contributed by atoms with Crippen LogP contribution >= 0.6 is 23.2 Å². The zero-order valence-corrected chi connectivity index (χ0v) is 20.6. The molecule has 1 amide bonds. The Balaban J connectivity index is 1.61. The quantitative estimate of drug-likeness (QED) is 0.404. The largest absolute Gasteiger partial charge is 0.496 e. The van der Waals surface area contributed by atoms with Gasteiger partial charge in [-0.1, -0.05) is 29.3 Å². The van der Waals surface area contributed by atoms with Gasteiger partial charge < -0.3 is 19.5 Å². The summed E-state index contributed by atoms with van der Waals surface area (Å²) in [5, 5.41) is 3.25. The molecule has 8 nitrogen and oxygen atoms in total.